The second-order valence-corrected chi connectivity index (χ2v) is 8.70. The molecular weight excluding hydrogens is 399 g/mol. The normalized spacial score (nSPS) is 15.3. The zero-order chi connectivity index (χ0) is 14.5. The van der Waals surface area contributed by atoms with E-state index in [1.165, 1.54) is 25.7 Å². The molecule has 0 aromatic heterocycles. The smallest absolute Gasteiger partial charge is 1.00 e. The molecule has 1 unspecified atom stereocenters. The second-order valence-electron chi connectivity index (χ2n) is 5.89. The van der Waals surface area contributed by atoms with Crippen molar-refractivity contribution in [1.82, 2.24) is 0 Å². The monoisotopic (exact) mass is 422 g/mol. The van der Waals surface area contributed by atoms with Crippen molar-refractivity contribution in [1.29, 1.82) is 0 Å². The van der Waals surface area contributed by atoms with Crippen molar-refractivity contribution >= 4 is 14.7 Å². The third kappa shape index (κ3) is 6.72. The molecule has 0 fully saturated rings. The average Bonchev–Trinajstić information content (AvgIpc) is 2.76. The molecular formula is C18H25Cl3SiTi. The van der Waals surface area contributed by atoms with Gasteiger partial charge in [-0.1, -0.05) is 0 Å². The number of hydrogen-bond donors (Lipinski definition) is 0. The van der Waals surface area contributed by atoms with Crippen LogP contribution in [-0.4, -0.2) is 9.52 Å². The van der Waals surface area contributed by atoms with Gasteiger partial charge in [0.25, 0.3) is 0 Å². The Balaban J connectivity index is 0. The van der Waals surface area contributed by atoms with Gasteiger partial charge in [-0.15, -0.1) is 0 Å². The van der Waals surface area contributed by atoms with Gasteiger partial charge in [-0.05, 0) is 0 Å². The van der Waals surface area contributed by atoms with Crippen LogP contribution in [0.2, 0.25) is 0 Å². The molecule has 0 amide bonds. The Labute approximate surface area is 174 Å². The second kappa shape index (κ2) is 12.8. The number of rotatable bonds is 6. The predicted molar refractivity (Wildman–Crippen MR) is 87.7 cm³/mol. The molecule has 0 heterocycles. The summed E-state index contributed by atoms with van der Waals surface area (Å²) in [5, 5.41) is 3.37. The van der Waals surface area contributed by atoms with Crippen molar-refractivity contribution in [2.24, 2.45) is 5.92 Å². The van der Waals surface area contributed by atoms with Crippen molar-refractivity contribution in [2.75, 3.05) is 0 Å². The molecule has 0 N–H and O–H groups in total. The minimum atomic E-state index is -0.265. The fourth-order valence-corrected chi connectivity index (χ4v) is 6.13. The molecule has 126 valence electrons. The number of allylic oxidation sites excluding steroid dienone is 4. The molecule has 0 spiro atoms. The summed E-state index contributed by atoms with van der Waals surface area (Å²) in [7, 11) is -0.265. The van der Waals surface area contributed by atoms with Gasteiger partial charge in [0.1, 0.15) is 0 Å². The van der Waals surface area contributed by atoms with E-state index < -0.39 is 0 Å². The van der Waals surface area contributed by atoms with Crippen molar-refractivity contribution in [2.45, 2.75) is 46.5 Å². The summed E-state index contributed by atoms with van der Waals surface area (Å²) in [6.07, 6.45) is 5.12. The summed E-state index contributed by atoms with van der Waals surface area (Å²) >= 11 is 2.38. The first-order valence-electron chi connectivity index (χ1n) is 7.87. The van der Waals surface area contributed by atoms with Crippen molar-refractivity contribution in [3.63, 3.8) is 0 Å². The maximum Gasteiger partial charge on any atom is -1.00 e. The van der Waals surface area contributed by atoms with E-state index >= 15 is 0 Å². The first kappa shape index (κ1) is 25.7. The number of halogens is 3. The molecule has 0 bridgehead atoms. The molecule has 0 aliphatic heterocycles. The van der Waals surface area contributed by atoms with Gasteiger partial charge in [0.05, 0.1) is 0 Å². The zero-order valence-corrected chi connectivity index (χ0v) is 19.4. The van der Waals surface area contributed by atoms with Crippen LogP contribution < -0.4 is 42.4 Å². The van der Waals surface area contributed by atoms with Gasteiger partial charge in [-0.25, -0.2) is 0 Å². The van der Waals surface area contributed by atoms with E-state index in [4.69, 9.17) is 0 Å². The molecule has 5 heteroatoms. The van der Waals surface area contributed by atoms with E-state index in [-0.39, 0.29) is 46.7 Å². The molecule has 0 saturated heterocycles. The molecule has 1 aromatic rings. The summed E-state index contributed by atoms with van der Waals surface area (Å²) < 4.78 is 1.65. The molecule has 1 aromatic carbocycles. The topological polar surface area (TPSA) is 0 Å². The van der Waals surface area contributed by atoms with Crippen LogP contribution in [0, 0.1) is 5.92 Å². The Bertz CT molecular complexity index is 526. The summed E-state index contributed by atoms with van der Waals surface area (Å²) in [6, 6.07) is 11.1. The van der Waals surface area contributed by atoms with E-state index in [1.54, 1.807) is 25.4 Å². The van der Waals surface area contributed by atoms with E-state index in [0.29, 0.717) is 0 Å². The Kier molecular flexibility index (Phi) is 14.3. The van der Waals surface area contributed by atoms with Crippen molar-refractivity contribution in [3.05, 3.63) is 50.6 Å². The summed E-state index contributed by atoms with van der Waals surface area (Å²) in [5.41, 5.74) is 3.46. The Morgan fingerprint density at radius 3 is 2.22 bits per heavy atom. The van der Waals surface area contributed by atoms with Crippen LogP contribution in [0.25, 0.3) is 0 Å². The molecule has 1 aliphatic rings. The van der Waals surface area contributed by atoms with E-state index in [0.717, 1.165) is 5.92 Å². The summed E-state index contributed by atoms with van der Waals surface area (Å²) in [6.45, 7) is 7.03. The van der Waals surface area contributed by atoms with Gasteiger partial charge in [0, 0.05) is 0 Å². The van der Waals surface area contributed by atoms with Gasteiger partial charge in [0.15, 0.2) is 0 Å². The third-order valence-electron chi connectivity index (χ3n) is 4.35. The maximum atomic E-state index is 2.40. The first-order chi connectivity index (χ1) is 9.67. The summed E-state index contributed by atoms with van der Waals surface area (Å²) in [5.74, 6) is 0.735. The van der Waals surface area contributed by atoms with Gasteiger partial charge < -0.3 is 37.2 Å². The van der Waals surface area contributed by atoms with E-state index in [1.807, 2.05) is 0 Å². The molecule has 23 heavy (non-hydrogen) atoms. The minimum Gasteiger partial charge on any atom is -1.00 e. The SMILES string of the molecule is CCCC1=C(C(C)CC)[C]([Ti+3])=C([SiH2]c2ccccc2)C1.[Cl-].[Cl-].[Cl-]. The van der Waals surface area contributed by atoms with Crippen LogP contribution in [0.15, 0.2) is 50.6 Å². The van der Waals surface area contributed by atoms with Crippen LogP contribution in [0.4, 0.5) is 0 Å². The molecule has 0 saturated carbocycles. The van der Waals surface area contributed by atoms with Gasteiger partial charge in [-0.2, -0.15) is 0 Å². The van der Waals surface area contributed by atoms with Crippen molar-refractivity contribution in [3.8, 4) is 0 Å². The zero-order valence-electron chi connectivity index (χ0n) is 14.1. The fraction of sp³-hybridized carbons (Fsp3) is 0.444. The fourth-order valence-electron chi connectivity index (χ4n) is 3.13. The first-order valence-corrected chi connectivity index (χ1v) is 10.1. The summed E-state index contributed by atoms with van der Waals surface area (Å²) in [4.78, 5) is 0. The number of hydrogen-bond acceptors (Lipinski definition) is 0. The third-order valence-corrected chi connectivity index (χ3v) is 7.78. The number of benzene rings is 1. The van der Waals surface area contributed by atoms with E-state index in [9.17, 15) is 0 Å². The Morgan fingerprint density at radius 1 is 1.09 bits per heavy atom. The van der Waals surface area contributed by atoms with E-state index in [2.05, 4.69) is 71.5 Å². The quantitative estimate of drug-likeness (QED) is 0.402. The van der Waals surface area contributed by atoms with Gasteiger partial charge in [-0.3, -0.25) is 0 Å². The van der Waals surface area contributed by atoms with Crippen LogP contribution in [0.3, 0.4) is 0 Å². The van der Waals surface area contributed by atoms with Gasteiger partial charge in [0.2, 0.25) is 0 Å². The minimum absolute atomic E-state index is 0. The van der Waals surface area contributed by atoms with Crippen LogP contribution in [-0.2, 0) is 20.4 Å². The van der Waals surface area contributed by atoms with Crippen LogP contribution in [0.5, 0.6) is 0 Å². The largest absolute Gasteiger partial charge is 1.00 e. The Hall–Kier alpha value is 0.501. The van der Waals surface area contributed by atoms with Crippen LogP contribution in [0.1, 0.15) is 46.5 Å². The maximum absolute atomic E-state index is 2.40. The van der Waals surface area contributed by atoms with Crippen molar-refractivity contribution < 1.29 is 57.7 Å². The van der Waals surface area contributed by atoms with Gasteiger partial charge >= 0.3 is 138 Å². The molecule has 1 aliphatic carbocycles. The van der Waals surface area contributed by atoms with Crippen LogP contribution >= 0.6 is 0 Å². The molecule has 0 radical (unpaired) electrons. The predicted octanol–water partition coefficient (Wildman–Crippen LogP) is -5.20. The molecule has 2 rings (SSSR count). The molecule has 1 atom stereocenters. The standard InChI is InChI=1S/C18H25Si.3ClH.Ti/c1-4-9-15-12-17(13-18(15)14(3)5-2)19-16-10-7-6-8-11-16;;;;/h6-8,10-11,14H,4-5,9,12,19H2,1-3H3;3*1H;/q;;;;+3/p-3. The molecule has 0 nitrogen and oxygen atoms in total. The Morgan fingerprint density at radius 2 is 1.70 bits per heavy atom. The average molecular weight is 424 g/mol.